The summed E-state index contributed by atoms with van der Waals surface area (Å²) in [5.74, 6) is 5.27. The molecule has 0 nitrogen and oxygen atoms in total. The van der Waals surface area contributed by atoms with Crippen LogP contribution in [0, 0.1) is 10.8 Å². The molecule has 0 spiro atoms. The van der Waals surface area contributed by atoms with Crippen LogP contribution in [0.1, 0.15) is 54.4 Å². The fraction of sp³-hybridized carbons (Fsp3) is 0.600. The predicted octanol–water partition coefficient (Wildman–Crippen LogP) is 0.384. The summed E-state index contributed by atoms with van der Waals surface area (Å²) < 4.78 is 3.81. The molecule has 4 heteroatoms. The first-order chi connectivity index (χ1) is 10.00. The van der Waals surface area contributed by atoms with E-state index in [1.807, 2.05) is 6.66 Å². The molecule has 0 N–H and O–H groups in total. The summed E-state index contributed by atoms with van der Waals surface area (Å²) in [6, 6.07) is 0. The Hall–Kier alpha value is 0.953. The molecular formula is C20H32Cl2GeHf. The van der Waals surface area contributed by atoms with E-state index in [0.29, 0.717) is 10.8 Å². The van der Waals surface area contributed by atoms with Crippen molar-refractivity contribution in [3.8, 4) is 0 Å². The average Bonchev–Trinajstić information content (AvgIpc) is 2.95. The molecule has 0 fully saturated rings. The molecule has 0 saturated heterocycles. The molecule has 0 heterocycles. The van der Waals surface area contributed by atoms with E-state index < -0.39 is 28.4 Å². The van der Waals surface area contributed by atoms with Crippen LogP contribution in [-0.2, 0) is 18.3 Å². The van der Waals surface area contributed by atoms with Crippen LogP contribution in [0.2, 0.25) is 11.5 Å². The third-order valence-electron chi connectivity index (χ3n) is 4.62. The molecule has 2 aliphatic rings. The number of rotatable bonds is 2. The van der Waals surface area contributed by atoms with Gasteiger partial charge in [-0.05, 0) is 0 Å². The van der Waals surface area contributed by atoms with Crippen molar-refractivity contribution in [1.82, 2.24) is 0 Å². The maximum atomic E-state index is 2.63. The maximum absolute atomic E-state index is 2.63. The van der Waals surface area contributed by atoms with Crippen LogP contribution in [0.3, 0.4) is 0 Å². The molecule has 0 aliphatic heterocycles. The van der Waals surface area contributed by atoms with Gasteiger partial charge < -0.3 is 24.8 Å². The molecule has 0 amide bonds. The summed E-state index contributed by atoms with van der Waals surface area (Å²) in [7, 11) is -0.829. The fourth-order valence-electron chi connectivity index (χ4n) is 3.29. The van der Waals surface area contributed by atoms with Crippen LogP contribution in [-0.4, -0.2) is 10.1 Å². The molecule has 0 aromatic carbocycles. The van der Waals surface area contributed by atoms with Crippen LogP contribution < -0.4 is 24.8 Å². The smallest absolute Gasteiger partial charge is 1.00 e. The minimum absolute atomic E-state index is 0. The van der Waals surface area contributed by atoms with E-state index in [1.54, 1.807) is 11.1 Å². The first-order valence-electron chi connectivity index (χ1n) is 8.51. The summed E-state index contributed by atoms with van der Waals surface area (Å²) in [5, 5.41) is 0. The first kappa shape index (κ1) is 25.0. The van der Waals surface area contributed by atoms with Crippen molar-refractivity contribution in [2.75, 3.05) is 0 Å². The predicted molar refractivity (Wildman–Crippen MR) is 98.0 cm³/mol. The van der Waals surface area contributed by atoms with E-state index >= 15 is 0 Å². The zero-order chi connectivity index (χ0) is 16.7. The number of allylic oxidation sites excluding steroid dienone is 8. The van der Waals surface area contributed by atoms with Crippen molar-refractivity contribution in [3.63, 3.8) is 0 Å². The van der Waals surface area contributed by atoms with E-state index in [-0.39, 0.29) is 24.8 Å². The first-order valence-corrected chi connectivity index (χ1v) is 26.7. The Morgan fingerprint density at radius 3 is 1.29 bits per heavy atom. The standard InChI is InChI=1S/2C9H13.C2H6Ge.2ClH.Hf/c2*1-9(2,3)8-6-4-5-7-8;1-3-2;;;/h2*6-7H,4H2,1-3H3;1-2H3;2*1H;/q;;;;;+2/p-2. The molecule has 0 aromatic heterocycles. The SMILES string of the molecule is [CH3][Ge]([CH3])=[Hf+2]([C]1=CC(C(C)(C)C)=CC1)[C]1=CC(C(C)(C)C)=CC1.[Cl-].[Cl-]. The summed E-state index contributed by atoms with van der Waals surface area (Å²) in [6.45, 7) is 14.1. The molecule has 0 saturated carbocycles. The van der Waals surface area contributed by atoms with Crippen molar-refractivity contribution in [2.24, 2.45) is 10.8 Å². The fourth-order valence-corrected chi connectivity index (χ4v) is 41.8. The van der Waals surface area contributed by atoms with E-state index in [0.717, 1.165) is 0 Å². The van der Waals surface area contributed by atoms with Crippen LogP contribution in [0.15, 0.2) is 42.1 Å². The molecule has 0 bridgehead atoms. The molecule has 0 atom stereocenters. The molecule has 134 valence electrons. The van der Waals surface area contributed by atoms with Crippen LogP contribution >= 0.6 is 0 Å². The quantitative estimate of drug-likeness (QED) is 0.406. The largest absolute Gasteiger partial charge is 1.00 e. The Kier molecular flexibility index (Phi) is 9.61. The minimum atomic E-state index is -1.71. The van der Waals surface area contributed by atoms with Gasteiger partial charge >= 0.3 is 147 Å². The van der Waals surface area contributed by atoms with Crippen molar-refractivity contribution in [3.05, 3.63) is 42.1 Å². The third kappa shape index (κ3) is 6.00. The van der Waals surface area contributed by atoms with Gasteiger partial charge in [-0.1, -0.05) is 0 Å². The minimum Gasteiger partial charge on any atom is -1.00 e. The molecule has 2 rings (SSSR count). The molecule has 24 heavy (non-hydrogen) atoms. The third-order valence-corrected chi connectivity index (χ3v) is 43.5. The van der Waals surface area contributed by atoms with Crippen LogP contribution in [0.5, 0.6) is 0 Å². The zero-order valence-electron chi connectivity index (χ0n) is 16.5. The van der Waals surface area contributed by atoms with Gasteiger partial charge in [0.2, 0.25) is 0 Å². The normalized spacial score (nSPS) is 16.8. The van der Waals surface area contributed by atoms with E-state index in [4.69, 9.17) is 0 Å². The Morgan fingerprint density at radius 2 is 1.08 bits per heavy atom. The Morgan fingerprint density at radius 1 is 0.750 bits per heavy atom. The summed E-state index contributed by atoms with van der Waals surface area (Å²) in [4.78, 5) is 0. The van der Waals surface area contributed by atoms with Gasteiger partial charge in [-0.25, -0.2) is 0 Å². The van der Waals surface area contributed by atoms with Gasteiger partial charge in [-0.2, -0.15) is 0 Å². The monoisotopic (exact) mass is 596 g/mol. The topological polar surface area (TPSA) is 0 Å². The zero-order valence-corrected chi connectivity index (χ0v) is 23.7. The van der Waals surface area contributed by atoms with Gasteiger partial charge in [-0.15, -0.1) is 0 Å². The summed E-state index contributed by atoms with van der Waals surface area (Å²) in [6.07, 6.45) is 12.8. The number of hydrogen-bond acceptors (Lipinski definition) is 0. The second-order valence-electron chi connectivity index (χ2n) is 8.94. The molecule has 0 radical (unpaired) electrons. The van der Waals surface area contributed by atoms with Gasteiger partial charge in [0.25, 0.3) is 0 Å². The van der Waals surface area contributed by atoms with Gasteiger partial charge in [0.1, 0.15) is 0 Å². The van der Waals surface area contributed by atoms with Crippen molar-refractivity contribution < 1.29 is 43.2 Å². The van der Waals surface area contributed by atoms with Gasteiger partial charge in [0.15, 0.2) is 0 Å². The van der Waals surface area contributed by atoms with Crippen LogP contribution in [0.25, 0.3) is 0 Å². The molecule has 2 aliphatic carbocycles. The average molecular weight is 594 g/mol. The second kappa shape index (κ2) is 9.24. The Bertz CT molecular complexity index is 582. The second-order valence-corrected chi connectivity index (χ2v) is 47.7. The van der Waals surface area contributed by atoms with E-state index in [1.165, 1.54) is 12.8 Å². The summed E-state index contributed by atoms with van der Waals surface area (Å²) >= 11 is -1.71. The van der Waals surface area contributed by atoms with Crippen molar-refractivity contribution in [1.29, 1.82) is 0 Å². The Labute approximate surface area is 170 Å². The van der Waals surface area contributed by atoms with E-state index in [9.17, 15) is 0 Å². The number of halogens is 2. The van der Waals surface area contributed by atoms with Gasteiger partial charge in [0.05, 0.1) is 0 Å². The molecule has 0 unspecified atom stereocenters. The maximum Gasteiger partial charge on any atom is -1.00 e. The van der Waals surface area contributed by atoms with Crippen molar-refractivity contribution in [2.45, 2.75) is 65.9 Å². The number of hydrogen-bond donors (Lipinski definition) is 0. The van der Waals surface area contributed by atoms with Crippen LogP contribution in [0.4, 0.5) is 0 Å². The Balaban J connectivity index is 0.00000264. The van der Waals surface area contributed by atoms with Gasteiger partial charge in [0, 0.05) is 0 Å². The van der Waals surface area contributed by atoms with E-state index in [2.05, 4.69) is 77.4 Å². The van der Waals surface area contributed by atoms with Crippen molar-refractivity contribution >= 4 is 10.1 Å². The molecule has 0 aromatic rings. The summed E-state index contributed by atoms with van der Waals surface area (Å²) in [5.41, 5.74) is 3.82. The molecular weight excluding hydrogens is 562 g/mol. The van der Waals surface area contributed by atoms with Gasteiger partial charge in [-0.3, -0.25) is 0 Å².